The first kappa shape index (κ1) is 16.6. The number of carbonyl (C=O) groups is 1. The summed E-state index contributed by atoms with van der Waals surface area (Å²) in [7, 11) is 0. The molecule has 0 saturated carbocycles. The largest absolute Gasteiger partial charge is 0.476 e. The molecule has 1 aliphatic heterocycles. The maximum atomic E-state index is 11.3. The predicted molar refractivity (Wildman–Crippen MR) is 102 cm³/mol. The molecule has 0 aliphatic carbocycles. The average molecular weight is 374 g/mol. The summed E-state index contributed by atoms with van der Waals surface area (Å²) in [5.74, 6) is -0.993. The number of hydrogen-bond donors (Lipinski definition) is 2. The molecule has 3 aromatic heterocycles. The van der Waals surface area contributed by atoms with Crippen LogP contribution in [-0.4, -0.2) is 47.3 Å². The molecule has 1 aliphatic rings. The first-order chi connectivity index (χ1) is 13.7. The van der Waals surface area contributed by atoms with Gasteiger partial charge in [-0.25, -0.2) is 14.3 Å². The molecule has 0 unspecified atom stereocenters. The molecule has 0 bridgehead atoms. The Morgan fingerprint density at radius 3 is 2.89 bits per heavy atom. The SMILES string of the molecule is O=C(O)c1n[nH]c2c1CN(Cc1cnc3c(-c4ccccc4)cnn3c1)CC2. The Morgan fingerprint density at radius 1 is 1.21 bits per heavy atom. The average Bonchev–Trinajstić information content (AvgIpc) is 3.32. The van der Waals surface area contributed by atoms with Crippen LogP contribution in [-0.2, 0) is 19.5 Å². The zero-order chi connectivity index (χ0) is 19.1. The van der Waals surface area contributed by atoms with Gasteiger partial charge in [0.2, 0.25) is 0 Å². The number of benzene rings is 1. The van der Waals surface area contributed by atoms with E-state index >= 15 is 0 Å². The number of carboxylic acid groups (broad SMARTS) is 1. The van der Waals surface area contributed by atoms with E-state index in [1.54, 1.807) is 4.52 Å². The third-order valence-corrected chi connectivity index (χ3v) is 5.12. The molecule has 0 fully saturated rings. The molecular weight excluding hydrogens is 356 g/mol. The van der Waals surface area contributed by atoms with E-state index in [-0.39, 0.29) is 5.69 Å². The van der Waals surface area contributed by atoms with Gasteiger partial charge >= 0.3 is 5.97 Å². The second-order valence-corrected chi connectivity index (χ2v) is 6.95. The number of aromatic amines is 1. The third kappa shape index (κ3) is 2.84. The van der Waals surface area contributed by atoms with Gasteiger partial charge in [-0.1, -0.05) is 30.3 Å². The van der Waals surface area contributed by atoms with Gasteiger partial charge < -0.3 is 5.11 Å². The number of aromatic carboxylic acids is 1. The topological polar surface area (TPSA) is 99.4 Å². The molecule has 2 N–H and O–H groups in total. The van der Waals surface area contributed by atoms with Crippen molar-refractivity contribution in [3.05, 3.63) is 71.4 Å². The molecule has 1 aromatic carbocycles. The second kappa shape index (κ2) is 6.58. The minimum absolute atomic E-state index is 0.118. The maximum absolute atomic E-state index is 11.3. The van der Waals surface area contributed by atoms with E-state index in [1.807, 2.05) is 48.9 Å². The lowest BCUT2D eigenvalue weighted by molar-refractivity contribution is 0.0687. The Hall–Kier alpha value is -3.52. The number of nitrogens with one attached hydrogen (secondary N) is 1. The summed E-state index contributed by atoms with van der Waals surface area (Å²) in [6.07, 6.45) is 6.44. The fourth-order valence-electron chi connectivity index (χ4n) is 3.74. The molecule has 28 heavy (non-hydrogen) atoms. The highest BCUT2D eigenvalue weighted by Crippen LogP contribution is 2.24. The van der Waals surface area contributed by atoms with Crippen LogP contribution in [0, 0.1) is 0 Å². The van der Waals surface area contributed by atoms with E-state index in [4.69, 9.17) is 0 Å². The van der Waals surface area contributed by atoms with Crippen LogP contribution in [0.3, 0.4) is 0 Å². The molecule has 5 rings (SSSR count). The number of H-pyrrole nitrogens is 1. The normalized spacial score (nSPS) is 14.3. The highest BCUT2D eigenvalue weighted by Gasteiger charge is 2.25. The van der Waals surface area contributed by atoms with E-state index in [1.165, 1.54) is 0 Å². The lowest BCUT2D eigenvalue weighted by Crippen LogP contribution is -2.30. The summed E-state index contributed by atoms with van der Waals surface area (Å²) in [5.41, 5.74) is 5.74. The minimum Gasteiger partial charge on any atom is -0.476 e. The Bertz CT molecular complexity index is 1160. The van der Waals surface area contributed by atoms with Crippen LogP contribution >= 0.6 is 0 Å². The van der Waals surface area contributed by atoms with Crippen LogP contribution in [0.1, 0.15) is 27.3 Å². The molecule has 8 nitrogen and oxygen atoms in total. The number of carboxylic acids is 1. The summed E-state index contributed by atoms with van der Waals surface area (Å²) in [5, 5.41) is 20.5. The minimum atomic E-state index is -0.993. The smallest absolute Gasteiger partial charge is 0.356 e. The van der Waals surface area contributed by atoms with Gasteiger partial charge in [0.1, 0.15) is 0 Å². The summed E-state index contributed by atoms with van der Waals surface area (Å²) in [6.45, 7) is 2.06. The number of aromatic nitrogens is 5. The van der Waals surface area contributed by atoms with Gasteiger partial charge in [-0.05, 0) is 5.56 Å². The van der Waals surface area contributed by atoms with E-state index in [0.717, 1.165) is 46.6 Å². The van der Waals surface area contributed by atoms with Crippen LogP contribution in [0.5, 0.6) is 0 Å². The van der Waals surface area contributed by atoms with Crippen LogP contribution in [0.25, 0.3) is 16.8 Å². The van der Waals surface area contributed by atoms with Gasteiger partial charge in [0.25, 0.3) is 0 Å². The summed E-state index contributed by atoms with van der Waals surface area (Å²) in [6, 6.07) is 10.1. The summed E-state index contributed by atoms with van der Waals surface area (Å²) in [4.78, 5) is 18.2. The highest BCUT2D eigenvalue weighted by molar-refractivity contribution is 5.87. The van der Waals surface area contributed by atoms with Gasteiger partial charge in [0.05, 0.1) is 6.20 Å². The Kier molecular flexibility index (Phi) is 3.91. The van der Waals surface area contributed by atoms with Gasteiger partial charge in [0.15, 0.2) is 11.3 Å². The quantitative estimate of drug-likeness (QED) is 0.569. The van der Waals surface area contributed by atoms with E-state index in [0.29, 0.717) is 13.1 Å². The standard InChI is InChI=1S/C20H18N6O2/c27-20(28)18-16-12-25(7-6-17(16)23-24-18)10-13-8-21-19-15(9-22-26(19)11-13)14-4-2-1-3-5-14/h1-5,8-9,11H,6-7,10,12H2,(H,23,24)(H,27,28). The van der Waals surface area contributed by atoms with Crippen molar-refractivity contribution in [1.82, 2.24) is 29.7 Å². The van der Waals surface area contributed by atoms with Crippen molar-refractivity contribution < 1.29 is 9.90 Å². The fourth-order valence-corrected chi connectivity index (χ4v) is 3.74. The molecule has 0 radical (unpaired) electrons. The number of rotatable bonds is 4. The van der Waals surface area contributed by atoms with E-state index < -0.39 is 5.97 Å². The monoisotopic (exact) mass is 374 g/mol. The van der Waals surface area contributed by atoms with E-state index in [9.17, 15) is 9.90 Å². The zero-order valence-electron chi connectivity index (χ0n) is 15.0. The summed E-state index contributed by atoms with van der Waals surface area (Å²) >= 11 is 0. The van der Waals surface area contributed by atoms with Crippen LogP contribution in [0.15, 0.2) is 48.9 Å². The Morgan fingerprint density at radius 2 is 2.07 bits per heavy atom. The molecule has 0 spiro atoms. The zero-order valence-corrected chi connectivity index (χ0v) is 15.0. The van der Waals surface area contributed by atoms with Crippen LogP contribution in [0.4, 0.5) is 0 Å². The third-order valence-electron chi connectivity index (χ3n) is 5.12. The molecule has 8 heteroatoms. The van der Waals surface area contributed by atoms with Crippen molar-refractivity contribution in [2.75, 3.05) is 6.54 Å². The lowest BCUT2D eigenvalue weighted by atomic mass is 10.0. The molecule has 140 valence electrons. The fraction of sp³-hybridized carbons (Fsp3) is 0.200. The number of fused-ring (bicyclic) bond motifs is 2. The first-order valence-corrected chi connectivity index (χ1v) is 9.08. The molecule has 4 heterocycles. The van der Waals surface area contributed by atoms with Crippen molar-refractivity contribution in [2.24, 2.45) is 0 Å². The van der Waals surface area contributed by atoms with Gasteiger partial charge in [-0.15, -0.1) is 0 Å². The van der Waals surface area contributed by atoms with Crippen LogP contribution < -0.4 is 0 Å². The van der Waals surface area contributed by atoms with Crippen LogP contribution in [0.2, 0.25) is 0 Å². The molecule has 0 amide bonds. The van der Waals surface area contributed by atoms with Crippen molar-refractivity contribution in [3.63, 3.8) is 0 Å². The molecular formula is C20H18N6O2. The van der Waals surface area contributed by atoms with Crippen molar-refractivity contribution in [1.29, 1.82) is 0 Å². The van der Waals surface area contributed by atoms with Gasteiger partial charge in [-0.2, -0.15) is 10.2 Å². The Balaban J connectivity index is 1.39. The van der Waals surface area contributed by atoms with Gasteiger partial charge in [0, 0.05) is 60.8 Å². The lowest BCUT2D eigenvalue weighted by Gasteiger charge is -2.26. The number of hydrogen-bond acceptors (Lipinski definition) is 5. The van der Waals surface area contributed by atoms with Crippen molar-refractivity contribution >= 4 is 11.6 Å². The molecule has 4 aromatic rings. The van der Waals surface area contributed by atoms with Crippen molar-refractivity contribution in [3.8, 4) is 11.1 Å². The van der Waals surface area contributed by atoms with Crippen molar-refractivity contribution in [2.45, 2.75) is 19.5 Å². The molecule has 0 saturated heterocycles. The summed E-state index contributed by atoms with van der Waals surface area (Å²) < 4.78 is 1.80. The first-order valence-electron chi connectivity index (χ1n) is 9.08. The molecule has 0 atom stereocenters. The van der Waals surface area contributed by atoms with Gasteiger partial charge in [-0.3, -0.25) is 10.00 Å². The maximum Gasteiger partial charge on any atom is 0.356 e. The Labute approximate surface area is 160 Å². The van der Waals surface area contributed by atoms with E-state index in [2.05, 4.69) is 25.2 Å². The predicted octanol–water partition coefficient (Wildman–Crippen LogP) is 2.38. The highest BCUT2D eigenvalue weighted by atomic mass is 16.4. The second-order valence-electron chi connectivity index (χ2n) is 6.95. The number of nitrogens with zero attached hydrogens (tertiary/aromatic N) is 5.